The quantitative estimate of drug-likeness (QED) is 0.795. The fourth-order valence-electron chi connectivity index (χ4n) is 1.94. The average molecular weight is 335 g/mol. The van der Waals surface area contributed by atoms with Crippen LogP contribution in [-0.2, 0) is 10.0 Å². The van der Waals surface area contributed by atoms with Gasteiger partial charge in [0.15, 0.2) is 0 Å². The van der Waals surface area contributed by atoms with Gasteiger partial charge in [-0.2, -0.15) is 4.31 Å². The fraction of sp³-hybridized carbons (Fsp3) is 0.455. The maximum atomic E-state index is 12.3. The molecule has 1 fully saturated rings. The Morgan fingerprint density at radius 1 is 1.50 bits per heavy atom. The summed E-state index contributed by atoms with van der Waals surface area (Å²) in [5.74, 6) is 0. The van der Waals surface area contributed by atoms with Crippen LogP contribution in [0.1, 0.15) is 13.3 Å². The highest BCUT2D eigenvalue weighted by atomic mass is 79.9. The Morgan fingerprint density at radius 3 is 2.67 bits per heavy atom. The monoisotopic (exact) mass is 334 g/mol. The molecule has 0 aromatic heterocycles. The molecule has 100 valence electrons. The first kappa shape index (κ1) is 13.8. The normalized spacial score (nSPS) is 25.5. The van der Waals surface area contributed by atoms with Crippen molar-refractivity contribution in [3.8, 4) is 0 Å². The number of nitrogens with zero attached hydrogens (tertiary/aromatic N) is 1. The van der Waals surface area contributed by atoms with Gasteiger partial charge in [0.1, 0.15) is 0 Å². The number of rotatable bonds is 2. The predicted octanol–water partition coefficient (Wildman–Crippen LogP) is 1.18. The predicted molar refractivity (Wildman–Crippen MR) is 72.6 cm³/mol. The lowest BCUT2D eigenvalue weighted by atomic mass is 10.1. The second-order valence-electron chi connectivity index (χ2n) is 4.77. The van der Waals surface area contributed by atoms with E-state index in [9.17, 15) is 13.5 Å². The molecule has 2 rings (SSSR count). The maximum Gasteiger partial charge on any atom is 0.243 e. The van der Waals surface area contributed by atoms with Gasteiger partial charge in [-0.1, -0.05) is 0 Å². The molecule has 1 aromatic carbocycles. The molecule has 1 aliphatic rings. The Hall–Kier alpha value is -0.630. The van der Waals surface area contributed by atoms with Gasteiger partial charge in [0, 0.05) is 23.2 Å². The van der Waals surface area contributed by atoms with Gasteiger partial charge in [0.05, 0.1) is 10.5 Å². The summed E-state index contributed by atoms with van der Waals surface area (Å²) in [5.41, 5.74) is 5.12. The standard InChI is InChI=1S/C11H15BrN2O3S/c1-11(15)4-5-14(7-11)18(16,17)8-2-3-9(12)10(13)6-8/h2-3,6,15H,4-5,7,13H2,1H3. The van der Waals surface area contributed by atoms with E-state index in [-0.39, 0.29) is 11.4 Å². The molecule has 0 bridgehead atoms. The van der Waals surface area contributed by atoms with Crippen LogP contribution in [0, 0.1) is 0 Å². The number of β-amino-alcohol motifs (C(OH)–C–C–N with tert-alkyl or cyclic N) is 1. The van der Waals surface area contributed by atoms with Crippen LogP contribution < -0.4 is 5.73 Å². The first-order valence-corrected chi connectivity index (χ1v) is 7.73. The SMILES string of the molecule is CC1(O)CCN(S(=O)(=O)c2ccc(Br)c(N)c2)C1. The first-order chi connectivity index (χ1) is 8.22. The Morgan fingerprint density at radius 2 is 2.17 bits per heavy atom. The lowest BCUT2D eigenvalue weighted by Gasteiger charge is -2.19. The molecular weight excluding hydrogens is 320 g/mol. The van der Waals surface area contributed by atoms with Crippen molar-refractivity contribution >= 4 is 31.6 Å². The van der Waals surface area contributed by atoms with Crippen molar-refractivity contribution in [2.75, 3.05) is 18.8 Å². The third-order valence-corrected chi connectivity index (χ3v) is 5.59. The van der Waals surface area contributed by atoms with E-state index in [0.29, 0.717) is 23.1 Å². The summed E-state index contributed by atoms with van der Waals surface area (Å²) in [6.45, 7) is 2.08. The first-order valence-electron chi connectivity index (χ1n) is 5.50. The van der Waals surface area contributed by atoms with E-state index in [1.54, 1.807) is 13.0 Å². The van der Waals surface area contributed by atoms with Gasteiger partial charge in [-0.25, -0.2) is 8.42 Å². The highest BCUT2D eigenvalue weighted by Crippen LogP contribution is 2.29. The van der Waals surface area contributed by atoms with Gasteiger partial charge in [0.25, 0.3) is 0 Å². The molecule has 3 N–H and O–H groups in total. The van der Waals surface area contributed by atoms with E-state index in [1.807, 2.05) is 0 Å². The molecular formula is C11H15BrN2O3S. The number of hydrogen-bond acceptors (Lipinski definition) is 4. The molecule has 1 aliphatic heterocycles. The summed E-state index contributed by atoms with van der Waals surface area (Å²) >= 11 is 3.22. The number of anilines is 1. The molecule has 0 amide bonds. The Labute approximate surface area is 115 Å². The zero-order valence-electron chi connectivity index (χ0n) is 9.93. The molecule has 1 aromatic rings. The fourth-order valence-corrected chi connectivity index (χ4v) is 3.78. The number of halogens is 1. The van der Waals surface area contributed by atoms with Crippen LogP contribution >= 0.6 is 15.9 Å². The van der Waals surface area contributed by atoms with E-state index in [2.05, 4.69) is 15.9 Å². The van der Waals surface area contributed by atoms with Crippen LogP contribution in [0.25, 0.3) is 0 Å². The summed E-state index contributed by atoms with van der Waals surface area (Å²) in [4.78, 5) is 0.154. The highest BCUT2D eigenvalue weighted by molar-refractivity contribution is 9.10. The summed E-state index contributed by atoms with van der Waals surface area (Å²) in [6.07, 6.45) is 0.443. The Bertz CT molecular complexity index is 572. The van der Waals surface area contributed by atoms with Gasteiger partial charge in [-0.05, 0) is 47.5 Å². The number of nitrogens with two attached hydrogens (primary N) is 1. The molecule has 18 heavy (non-hydrogen) atoms. The van der Waals surface area contributed by atoms with Crippen molar-refractivity contribution in [2.24, 2.45) is 0 Å². The van der Waals surface area contributed by atoms with Gasteiger partial charge < -0.3 is 10.8 Å². The number of aliphatic hydroxyl groups is 1. The van der Waals surface area contributed by atoms with E-state index < -0.39 is 15.6 Å². The minimum absolute atomic E-state index is 0.116. The van der Waals surface area contributed by atoms with Crippen LogP contribution in [0.5, 0.6) is 0 Å². The van der Waals surface area contributed by atoms with Crippen LogP contribution in [0.4, 0.5) is 5.69 Å². The van der Waals surface area contributed by atoms with Crippen LogP contribution in [0.15, 0.2) is 27.6 Å². The molecule has 1 unspecified atom stereocenters. The minimum Gasteiger partial charge on any atom is -0.398 e. The largest absolute Gasteiger partial charge is 0.398 e. The Balaban J connectivity index is 2.34. The van der Waals surface area contributed by atoms with Crippen LogP contribution in [-0.4, -0.2) is 36.5 Å². The summed E-state index contributed by atoms with van der Waals surface area (Å²) < 4.78 is 26.6. The topological polar surface area (TPSA) is 83.6 Å². The van der Waals surface area contributed by atoms with E-state index in [0.717, 1.165) is 0 Å². The molecule has 5 nitrogen and oxygen atoms in total. The number of benzene rings is 1. The minimum atomic E-state index is -3.58. The van der Waals surface area contributed by atoms with E-state index in [4.69, 9.17) is 5.73 Å². The molecule has 0 aliphatic carbocycles. The van der Waals surface area contributed by atoms with Crippen molar-refractivity contribution in [2.45, 2.75) is 23.8 Å². The lowest BCUT2D eigenvalue weighted by molar-refractivity contribution is 0.0762. The lowest BCUT2D eigenvalue weighted by Crippen LogP contribution is -2.33. The zero-order chi connectivity index (χ0) is 13.6. The second-order valence-corrected chi connectivity index (χ2v) is 7.56. The summed E-state index contributed by atoms with van der Waals surface area (Å²) in [7, 11) is -3.58. The second kappa shape index (κ2) is 4.48. The highest BCUT2D eigenvalue weighted by Gasteiger charge is 2.38. The summed E-state index contributed by atoms with van der Waals surface area (Å²) in [6, 6.07) is 4.53. The van der Waals surface area contributed by atoms with Crippen molar-refractivity contribution in [3.05, 3.63) is 22.7 Å². The van der Waals surface area contributed by atoms with Crippen molar-refractivity contribution in [1.82, 2.24) is 4.31 Å². The van der Waals surface area contributed by atoms with Crippen LogP contribution in [0.2, 0.25) is 0 Å². The molecule has 0 radical (unpaired) electrons. The third-order valence-electron chi connectivity index (χ3n) is 3.02. The zero-order valence-corrected chi connectivity index (χ0v) is 12.3. The molecule has 1 atom stereocenters. The van der Waals surface area contributed by atoms with Crippen molar-refractivity contribution in [1.29, 1.82) is 0 Å². The number of nitrogen functional groups attached to an aromatic ring is 1. The van der Waals surface area contributed by atoms with Gasteiger partial charge in [0.2, 0.25) is 10.0 Å². The van der Waals surface area contributed by atoms with Gasteiger partial charge in [-0.15, -0.1) is 0 Å². The maximum absolute atomic E-state index is 12.3. The molecule has 0 saturated carbocycles. The molecule has 0 spiro atoms. The number of sulfonamides is 1. The molecule has 1 saturated heterocycles. The van der Waals surface area contributed by atoms with E-state index >= 15 is 0 Å². The average Bonchev–Trinajstić information content (AvgIpc) is 2.63. The van der Waals surface area contributed by atoms with Gasteiger partial charge in [-0.3, -0.25) is 0 Å². The third kappa shape index (κ3) is 2.54. The Kier molecular flexibility index (Phi) is 3.44. The number of hydrogen-bond donors (Lipinski definition) is 2. The van der Waals surface area contributed by atoms with Gasteiger partial charge >= 0.3 is 0 Å². The molecule has 7 heteroatoms. The van der Waals surface area contributed by atoms with E-state index in [1.165, 1.54) is 16.4 Å². The van der Waals surface area contributed by atoms with Crippen molar-refractivity contribution in [3.63, 3.8) is 0 Å². The molecule has 1 heterocycles. The smallest absolute Gasteiger partial charge is 0.243 e. The van der Waals surface area contributed by atoms with Crippen molar-refractivity contribution < 1.29 is 13.5 Å². The summed E-state index contributed by atoms with van der Waals surface area (Å²) in [5, 5.41) is 9.84. The van der Waals surface area contributed by atoms with Crippen LogP contribution in [0.3, 0.4) is 0 Å².